The van der Waals surface area contributed by atoms with Crippen LogP contribution in [0.5, 0.6) is 0 Å². The molecule has 0 aromatic carbocycles. The van der Waals surface area contributed by atoms with Gasteiger partial charge in [0.05, 0.1) is 22.4 Å². The summed E-state index contributed by atoms with van der Waals surface area (Å²) in [6.45, 7) is 10.5. The summed E-state index contributed by atoms with van der Waals surface area (Å²) >= 11 is 8.73. The Labute approximate surface area is 166 Å². The summed E-state index contributed by atoms with van der Waals surface area (Å²) in [6, 6.07) is 0. The predicted octanol–water partition coefficient (Wildman–Crippen LogP) is 4.90. The van der Waals surface area contributed by atoms with Crippen molar-refractivity contribution in [3.63, 3.8) is 0 Å². The maximum atomic E-state index is 6.52. The van der Waals surface area contributed by atoms with Crippen molar-refractivity contribution in [3.8, 4) is 0 Å². The Morgan fingerprint density at radius 2 is 1.00 bits per heavy atom. The summed E-state index contributed by atoms with van der Waals surface area (Å²) in [5.74, 6) is 1.65. The molecule has 4 unspecified atom stereocenters. The highest BCUT2D eigenvalue weighted by atomic mass is 32.1. The lowest BCUT2D eigenvalue weighted by molar-refractivity contribution is -0.0317. The zero-order valence-electron chi connectivity index (χ0n) is 17.8. The quantitative estimate of drug-likeness (QED) is 0.455. The van der Waals surface area contributed by atoms with E-state index in [1.807, 2.05) is 0 Å². The normalized spacial score (nSPS) is 47.0. The van der Waals surface area contributed by atoms with Crippen LogP contribution in [0.15, 0.2) is 0 Å². The summed E-state index contributed by atoms with van der Waals surface area (Å²) in [7, 11) is 0. The second kappa shape index (κ2) is 7.55. The molecular formula is C18H37BO4S2. The molecular weight excluding hydrogens is 355 g/mol. The second-order valence-corrected chi connectivity index (χ2v) is 9.23. The molecule has 0 N–H and O–H groups in total. The van der Waals surface area contributed by atoms with Gasteiger partial charge in [-0.3, -0.25) is 0 Å². The molecule has 2 aliphatic rings. The van der Waals surface area contributed by atoms with Crippen molar-refractivity contribution in [2.45, 2.75) is 102 Å². The van der Waals surface area contributed by atoms with Gasteiger partial charge in [0.25, 0.3) is 0 Å². The molecule has 0 radical (unpaired) electrons. The molecule has 4 nitrogen and oxygen atoms in total. The molecule has 1 spiro atoms. The lowest BCUT2D eigenvalue weighted by Crippen LogP contribution is -2.46. The minimum Gasteiger partial charge on any atom is -0.512 e. The van der Waals surface area contributed by atoms with Gasteiger partial charge in [0.2, 0.25) is 0 Å². The third-order valence-electron chi connectivity index (χ3n) is 6.83. The highest BCUT2D eigenvalue weighted by Gasteiger charge is 2.66. The van der Waals surface area contributed by atoms with Crippen molar-refractivity contribution in [2.75, 3.05) is 11.5 Å². The molecule has 2 rings (SSSR count). The Hall–Kier alpha value is 0.605. The Kier molecular flexibility index (Phi) is 6.62. The average molecular weight is 392 g/mol. The number of thiol groups is 2. The predicted molar refractivity (Wildman–Crippen MR) is 112 cm³/mol. The topological polar surface area (TPSA) is 36.9 Å². The summed E-state index contributed by atoms with van der Waals surface area (Å²) in [5.41, 5.74) is -1.79. The van der Waals surface area contributed by atoms with Crippen molar-refractivity contribution in [1.82, 2.24) is 0 Å². The lowest BCUT2D eigenvalue weighted by Gasteiger charge is -2.42. The Morgan fingerprint density at radius 3 is 1.28 bits per heavy atom. The Balaban J connectivity index is 0.00000338. The molecule has 25 heavy (non-hydrogen) atoms. The zero-order valence-corrected chi connectivity index (χ0v) is 18.6. The molecule has 0 aromatic heterocycles. The Bertz CT molecular complexity index is 446. The third-order valence-corrected chi connectivity index (χ3v) is 7.46. The van der Waals surface area contributed by atoms with E-state index in [9.17, 15) is 0 Å². The molecule has 2 saturated heterocycles. The fourth-order valence-corrected chi connectivity index (χ4v) is 4.63. The third kappa shape index (κ3) is 3.66. The van der Waals surface area contributed by atoms with Crippen LogP contribution in [0.2, 0.25) is 0 Å². The largest absolute Gasteiger partial charge is 1.00 e. The molecule has 2 heterocycles. The van der Waals surface area contributed by atoms with Gasteiger partial charge in [0.15, 0.2) is 0 Å². The monoisotopic (exact) mass is 392 g/mol. The van der Waals surface area contributed by atoms with Crippen LogP contribution in [0.3, 0.4) is 0 Å². The summed E-state index contributed by atoms with van der Waals surface area (Å²) in [5, 5.41) is 0. The van der Waals surface area contributed by atoms with E-state index in [-0.39, 0.29) is 1.43 Å². The summed E-state index contributed by atoms with van der Waals surface area (Å²) in [6.07, 6.45) is 5.34. The van der Waals surface area contributed by atoms with Gasteiger partial charge in [-0.25, -0.2) is 0 Å². The van der Waals surface area contributed by atoms with E-state index in [2.05, 4.69) is 66.8 Å². The van der Waals surface area contributed by atoms with Crippen LogP contribution in [-0.2, 0) is 18.6 Å². The van der Waals surface area contributed by atoms with Crippen molar-refractivity contribution in [2.24, 2.45) is 0 Å². The number of hydrogen-bond acceptors (Lipinski definition) is 6. The van der Waals surface area contributed by atoms with Crippen LogP contribution in [0.1, 0.15) is 81.5 Å². The summed E-state index contributed by atoms with van der Waals surface area (Å²) in [4.78, 5) is 0. The molecule has 0 saturated carbocycles. The van der Waals surface area contributed by atoms with Crippen LogP contribution >= 0.6 is 25.3 Å². The first-order valence-corrected chi connectivity index (χ1v) is 11.0. The van der Waals surface area contributed by atoms with Gasteiger partial charge in [-0.15, -0.1) is 0 Å². The van der Waals surface area contributed by atoms with E-state index in [0.717, 1.165) is 50.0 Å². The van der Waals surface area contributed by atoms with E-state index in [4.69, 9.17) is 18.6 Å². The van der Waals surface area contributed by atoms with Gasteiger partial charge in [-0.2, -0.15) is 25.3 Å². The highest BCUT2D eigenvalue weighted by molar-refractivity contribution is 7.80. The molecule has 2 aliphatic heterocycles. The number of hydrogen-bond donors (Lipinski definition) is 2. The van der Waals surface area contributed by atoms with Gasteiger partial charge in [0, 0.05) is 0 Å². The molecule has 2 fully saturated rings. The zero-order chi connectivity index (χ0) is 19.0. The van der Waals surface area contributed by atoms with Crippen LogP contribution in [0.25, 0.3) is 0 Å². The molecule has 4 atom stereocenters. The minimum absolute atomic E-state index is 0. The first-order valence-electron chi connectivity index (χ1n) is 9.72. The fraction of sp³-hybridized carbons (Fsp3) is 1.00. The first-order chi connectivity index (χ1) is 11.6. The van der Waals surface area contributed by atoms with Crippen LogP contribution in [0.4, 0.5) is 0 Å². The lowest BCUT2D eigenvalue weighted by atomic mass is 9.81. The van der Waals surface area contributed by atoms with Gasteiger partial charge in [-0.1, -0.05) is 13.8 Å². The van der Waals surface area contributed by atoms with E-state index in [0.29, 0.717) is 0 Å². The molecule has 0 amide bonds. The van der Waals surface area contributed by atoms with Gasteiger partial charge in [0.1, 0.15) is 0 Å². The minimum atomic E-state index is -2.22. The molecule has 148 valence electrons. The van der Waals surface area contributed by atoms with Crippen molar-refractivity contribution >= 4 is 32.2 Å². The fourth-order valence-electron chi connectivity index (χ4n) is 4.31. The Morgan fingerprint density at radius 1 is 0.680 bits per heavy atom. The number of rotatable bonds is 8. The smallest absolute Gasteiger partial charge is 0.512 e. The second-order valence-electron chi connectivity index (χ2n) is 8.33. The van der Waals surface area contributed by atoms with E-state index < -0.39 is 29.4 Å². The van der Waals surface area contributed by atoms with Crippen LogP contribution in [-0.4, -0.2) is 40.9 Å². The summed E-state index contributed by atoms with van der Waals surface area (Å²) < 4.78 is 26.0. The van der Waals surface area contributed by atoms with Gasteiger partial charge >= 0.3 is 8.38 Å². The van der Waals surface area contributed by atoms with Crippen LogP contribution < -0.4 is 0 Å². The molecule has 0 aromatic rings. The molecule has 7 heteroatoms. The average Bonchev–Trinajstić information content (AvgIpc) is 2.91. The van der Waals surface area contributed by atoms with E-state index >= 15 is 0 Å². The SMILES string of the molecule is CCC1(C)O[B-]2(OC(C)(CC)C(C)(CCCS)O2)OC1(C)CCCS.[H+]. The van der Waals surface area contributed by atoms with Crippen LogP contribution in [0, 0.1) is 0 Å². The molecule has 0 aliphatic carbocycles. The highest BCUT2D eigenvalue weighted by Crippen LogP contribution is 2.55. The van der Waals surface area contributed by atoms with E-state index in [1.54, 1.807) is 0 Å². The van der Waals surface area contributed by atoms with Gasteiger partial charge in [-0.05, 0) is 77.7 Å². The standard InChI is InChI=1S/C18H36BO4S2/c1-7-15(3)17(5,11-9-13-24)22-19(20-15)21-16(4,8-2)18(6,23-19)12-10-14-25/h24-25H,7-14H2,1-6H3/q-1/p+1. The maximum absolute atomic E-state index is 6.52. The van der Waals surface area contributed by atoms with Gasteiger partial charge < -0.3 is 18.6 Å². The molecule has 0 bridgehead atoms. The van der Waals surface area contributed by atoms with Crippen molar-refractivity contribution < 1.29 is 20.0 Å². The van der Waals surface area contributed by atoms with Crippen molar-refractivity contribution in [3.05, 3.63) is 0 Å². The van der Waals surface area contributed by atoms with Crippen molar-refractivity contribution in [1.29, 1.82) is 0 Å². The first kappa shape index (κ1) is 21.9. The maximum Gasteiger partial charge on any atom is 1.00 e. The van der Waals surface area contributed by atoms with E-state index in [1.165, 1.54) is 0 Å².